The molecule has 1 unspecified atom stereocenters. The van der Waals surface area contributed by atoms with E-state index < -0.39 is 23.7 Å². The standard InChI is InChI=1S/C28H26ClN5O3S.C2HF3O2/c1-37-23-13-24(35)34(27(23)36)14-19-12-22-26(38-19)20(2-6-32-22)21-11-18(29)10-17-3-9-33(25(17)21)16-28(15-30)4-7-31-8-5-28;3-2(4,5)1(6)7/h2-3,6,9-12,23,31H,4-5,7-8,13-14,16H2,1H3;(H,6,7). The number of amides is 2. The second-order valence-corrected chi connectivity index (χ2v) is 12.4. The summed E-state index contributed by atoms with van der Waals surface area (Å²) < 4.78 is 40.0. The van der Waals surface area contributed by atoms with Crippen LogP contribution in [0.2, 0.25) is 5.02 Å². The molecule has 3 aromatic heterocycles. The number of nitriles is 1. The third-order valence-corrected chi connectivity index (χ3v) is 9.25. The van der Waals surface area contributed by atoms with E-state index in [1.165, 1.54) is 23.3 Å². The van der Waals surface area contributed by atoms with Crippen molar-refractivity contribution in [3.63, 3.8) is 0 Å². The van der Waals surface area contributed by atoms with Crippen LogP contribution >= 0.6 is 22.9 Å². The number of pyridine rings is 1. The van der Waals surface area contributed by atoms with Gasteiger partial charge in [-0.3, -0.25) is 19.5 Å². The van der Waals surface area contributed by atoms with Crippen LogP contribution in [0.5, 0.6) is 0 Å². The SMILES string of the molecule is COC1CC(=O)N(Cc2cc3nccc(-c4cc(Cl)cc5ccn(CC6(C#N)CCNCC6)c45)c3s2)C1=O.O=C(O)C(F)(F)F. The van der Waals surface area contributed by atoms with Crippen LogP contribution in [0.3, 0.4) is 0 Å². The van der Waals surface area contributed by atoms with Crippen molar-refractivity contribution in [2.24, 2.45) is 5.41 Å². The number of ether oxygens (including phenoxy) is 1. The monoisotopic (exact) mass is 661 g/mol. The van der Waals surface area contributed by atoms with Crippen molar-refractivity contribution in [3.8, 4) is 17.2 Å². The summed E-state index contributed by atoms with van der Waals surface area (Å²) in [5.41, 5.74) is 3.34. The van der Waals surface area contributed by atoms with Crippen LogP contribution in [0.1, 0.15) is 24.1 Å². The van der Waals surface area contributed by atoms with Crippen LogP contribution in [0.15, 0.2) is 42.7 Å². The van der Waals surface area contributed by atoms with Crippen LogP contribution in [0.4, 0.5) is 13.2 Å². The highest BCUT2D eigenvalue weighted by Gasteiger charge is 2.39. The fourth-order valence-corrected chi connectivity index (χ4v) is 6.98. The molecule has 15 heteroatoms. The lowest BCUT2D eigenvalue weighted by Gasteiger charge is -2.32. The first-order valence-electron chi connectivity index (χ1n) is 13.8. The van der Waals surface area contributed by atoms with Gasteiger partial charge in [0, 0.05) is 52.5 Å². The molecule has 0 saturated carbocycles. The average Bonchev–Trinajstić information content (AvgIpc) is 3.68. The molecule has 4 aromatic rings. The van der Waals surface area contributed by atoms with Crippen LogP contribution in [0, 0.1) is 16.7 Å². The zero-order chi connectivity index (χ0) is 32.5. The number of carbonyl (C=O) groups is 3. The van der Waals surface area contributed by atoms with Crippen LogP contribution in [-0.2, 0) is 32.2 Å². The molecule has 5 heterocycles. The smallest absolute Gasteiger partial charge is 0.475 e. The number of methoxy groups -OCH3 is 1. The van der Waals surface area contributed by atoms with E-state index in [0.29, 0.717) is 11.6 Å². The number of carbonyl (C=O) groups excluding carboxylic acids is 2. The lowest BCUT2D eigenvalue weighted by Crippen LogP contribution is -2.38. The number of hydrogen-bond acceptors (Lipinski definition) is 8. The molecule has 2 saturated heterocycles. The number of benzene rings is 1. The molecule has 2 aliphatic rings. The molecular formula is C30H27ClF3N5O5S. The quantitative estimate of drug-likeness (QED) is 0.263. The molecular weight excluding hydrogens is 635 g/mol. The number of thiophene rings is 1. The third kappa shape index (κ3) is 6.67. The zero-order valence-electron chi connectivity index (χ0n) is 23.9. The van der Waals surface area contributed by atoms with Crippen molar-refractivity contribution >= 4 is 61.8 Å². The van der Waals surface area contributed by atoms with Gasteiger partial charge in [0.15, 0.2) is 0 Å². The minimum atomic E-state index is -5.08. The van der Waals surface area contributed by atoms with Gasteiger partial charge in [-0.2, -0.15) is 18.4 Å². The van der Waals surface area contributed by atoms with Crippen molar-refractivity contribution in [2.45, 2.75) is 44.6 Å². The predicted molar refractivity (Wildman–Crippen MR) is 160 cm³/mol. The number of alkyl halides is 3. The highest BCUT2D eigenvalue weighted by molar-refractivity contribution is 7.19. The number of hydrogen-bond donors (Lipinski definition) is 2. The summed E-state index contributed by atoms with van der Waals surface area (Å²) in [7, 11) is 1.44. The van der Waals surface area contributed by atoms with Crippen LogP contribution < -0.4 is 5.32 Å². The van der Waals surface area contributed by atoms with E-state index in [1.807, 2.05) is 36.5 Å². The number of aliphatic carboxylic acids is 1. The Morgan fingerprint density at radius 3 is 2.58 bits per heavy atom. The van der Waals surface area contributed by atoms with Gasteiger partial charge in [-0.25, -0.2) is 4.79 Å². The third-order valence-electron chi connectivity index (χ3n) is 7.89. The summed E-state index contributed by atoms with van der Waals surface area (Å²) in [4.78, 5) is 40.6. The Bertz CT molecular complexity index is 1830. The molecule has 236 valence electrons. The van der Waals surface area contributed by atoms with Gasteiger partial charge in [-0.1, -0.05) is 11.6 Å². The van der Waals surface area contributed by atoms with Gasteiger partial charge < -0.3 is 19.7 Å². The molecule has 2 amide bonds. The molecule has 0 bridgehead atoms. The van der Waals surface area contributed by atoms with Gasteiger partial charge in [0.25, 0.3) is 5.91 Å². The average molecular weight is 662 g/mol. The van der Waals surface area contributed by atoms with Crippen molar-refractivity contribution in [3.05, 3.63) is 52.6 Å². The van der Waals surface area contributed by atoms with Crippen LogP contribution in [-0.4, -0.2) is 69.8 Å². The maximum absolute atomic E-state index is 12.6. The maximum Gasteiger partial charge on any atom is 0.490 e. The van der Waals surface area contributed by atoms with E-state index in [2.05, 4.69) is 20.9 Å². The predicted octanol–water partition coefficient (Wildman–Crippen LogP) is 5.37. The molecule has 0 radical (unpaired) electrons. The Morgan fingerprint density at radius 2 is 1.96 bits per heavy atom. The van der Waals surface area contributed by atoms with E-state index in [0.717, 1.165) is 63.1 Å². The van der Waals surface area contributed by atoms with Crippen molar-refractivity contribution in [2.75, 3.05) is 20.2 Å². The zero-order valence-corrected chi connectivity index (χ0v) is 25.4. The fraction of sp³-hybridized carbons (Fsp3) is 0.367. The lowest BCUT2D eigenvalue weighted by atomic mass is 9.80. The summed E-state index contributed by atoms with van der Waals surface area (Å²) in [5, 5.41) is 22.2. The minimum Gasteiger partial charge on any atom is -0.475 e. The van der Waals surface area contributed by atoms with Gasteiger partial charge >= 0.3 is 12.1 Å². The van der Waals surface area contributed by atoms with Gasteiger partial charge in [0.1, 0.15) is 6.10 Å². The summed E-state index contributed by atoms with van der Waals surface area (Å²) in [6.07, 6.45) is -0.308. The normalized spacial score (nSPS) is 18.2. The molecule has 2 aliphatic heterocycles. The second-order valence-electron chi connectivity index (χ2n) is 10.8. The van der Waals surface area contributed by atoms with Gasteiger partial charge in [-0.15, -0.1) is 11.3 Å². The Hall–Kier alpha value is -4.03. The Kier molecular flexibility index (Phi) is 9.18. The largest absolute Gasteiger partial charge is 0.490 e. The van der Waals surface area contributed by atoms with Gasteiger partial charge in [0.2, 0.25) is 5.91 Å². The minimum absolute atomic E-state index is 0.0709. The summed E-state index contributed by atoms with van der Waals surface area (Å²) in [6, 6.07) is 12.5. The van der Waals surface area contributed by atoms with Gasteiger partial charge in [-0.05, 0) is 56.3 Å². The molecule has 2 fully saturated rings. The first-order chi connectivity index (χ1) is 21.4. The topological polar surface area (TPSA) is 138 Å². The maximum atomic E-state index is 12.6. The number of piperidine rings is 1. The number of halogens is 4. The number of imide groups is 1. The summed E-state index contributed by atoms with van der Waals surface area (Å²) in [6.45, 7) is 2.47. The summed E-state index contributed by atoms with van der Waals surface area (Å²) >= 11 is 8.10. The number of nitrogens with one attached hydrogen (secondary N) is 1. The number of nitrogens with zero attached hydrogens (tertiary/aromatic N) is 4. The Morgan fingerprint density at radius 1 is 1.24 bits per heavy atom. The van der Waals surface area contributed by atoms with E-state index in [4.69, 9.17) is 26.2 Å². The van der Waals surface area contributed by atoms with Gasteiger partial charge in [0.05, 0.1) is 40.2 Å². The molecule has 1 atom stereocenters. The van der Waals surface area contributed by atoms with E-state index >= 15 is 0 Å². The summed E-state index contributed by atoms with van der Waals surface area (Å²) in [5.74, 6) is -3.29. The van der Waals surface area contributed by atoms with Crippen molar-refractivity contribution in [1.29, 1.82) is 5.26 Å². The molecule has 2 N–H and O–H groups in total. The Balaban J connectivity index is 0.000000515. The second kappa shape index (κ2) is 12.8. The lowest BCUT2D eigenvalue weighted by molar-refractivity contribution is -0.192. The van der Waals surface area contributed by atoms with Crippen molar-refractivity contribution < 1.29 is 37.4 Å². The number of rotatable bonds is 6. The highest BCUT2D eigenvalue weighted by atomic mass is 35.5. The van der Waals surface area contributed by atoms with Crippen molar-refractivity contribution in [1.82, 2.24) is 19.8 Å². The van der Waals surface area contributed by atoms with E-state index in [1.54, 1.807) is 6.20 Å². The number of aromatic nitrogens is 2. The Labute approximate surface area is 263 Å². The molecule has 10 nitrogen and oxygen atoms in total. The van der Waals surface area contributed by atoms with E-state index in [9.17, 15) is 28.0 Å². The highest BCUT2D eigenvalue weighted by Crippen LogP contribution is 2.41. The first kappa shape index (κ1) is 32.4. The van der Waals surface area contributed by atoms with E-state index in [-0.39, 0.29) is 24.8 Å². The first-order valence-corrected chi connectivity index (χ1v) is 15.0. The fourth-order valence-electron chi connectivity index (χ4n) is 5.62. The molecule has 6 rings (SSSR count). The number of carboxylic acid groups (broad SMARTS) is 1. The van der Waals surface area contributed by atoms with Crippen LogP contribution in [0.25, 0.3) is 32.2 Å². The molecule has 0 spiro atoms. The number of likely N-dealkylation sites (tertiary alicyclic amines) is 1. The number of carboxylic acids is 1. The molecule has 45 heavy (non-hydrogen) atoms. The molecule has 0 aliphatic carbocycles. The molecule has 1 aromatic carbocycles. The number of fused-ring (bicyclic) bond motifs is 2.